The topological polar surface area (TPSA) is 12.0 Å². The molecule has 0 heterocycles. The highest BCUT2D eigenvalue weighted by molar-refractivity contribution is 5.41. The van der Waals surface area contributed by atoms with E-state index < -0.39 is 0 Å². The van der Waals surface area contributed by atoms with Gasteiger partial charge in [-0.25, -0.2) is 4.39 Å². The lowest BCUT2D eigenvalue weighted by atomic mass is 10.1. The predicted octanol–water partition coefficient (Wildman–Crippen LogP) is 3.67. The lowest BCUT2D eigenvalue weighted by molar-refractivity contribution is 0.625. The third kappa shape index (κ3) is 3.91. The first-order valence-electron chi connectivity index (χ1n) is 5.79. The Morgan fingerprint density at radius 2 is 1.94 bits per heavy atom. The zero-order valence-electron chi connectivity index (χ0n) is 9.62. The standard InChI is InChI=1S/C15H15FN/c16-14-8-4-6-13(12-14)7-5-11-17-15-9-2-1-3-10-15/h2-4,6,8-10,12,17H,5,7,11H2. The summed E-state index contributed by atoms with van der Waals surface area (Å²) in [5.41, 5.74) is 2.15. The van der Waals surface area contributed by atoms with Crippen LogP contribution in [0.5, 0.6) is 0 Å². The summed E-state index contributed by atoms with van der Waals surface area (Å²) in [6.07, 6.45) is 1.88. The molecule has 0 aromatic heterocycles. The second-order valence-electron chi connectivity index (χ2n) is 3.95. The summed E-state index contributed by atoms with van der Waals surface area (Å²) in [7, 11) is 0. The quantitative estimate of drug-likeness (QED) is 0.770. The molecule has 0 fully saturated rings. The first-order chi connectivity index (χ1) is 8.34. The summed E-state index contributed by atoms with van der Waals surface area (Å²) < 4.78 is 12.9. The van der Waals surface area contributed by atoms with Gasteiger partial charge < -0.3 is 5.32 Å². The fraction of sp³-hybridized carbons (Fsp3) is 0.200. The average Bonchev–Trinajstić information content (AvgIpc) is 2.36. The fourth-order valence-electron chi connectivity index (χ4n) is 1.72. The van der Waals surface area contributed by atoms with Crippen molar-refractivity contribution in [2.24, 2.45) is 0 Å². The van der Waals surface area contributed by atoms with Gasteiger partial charge in [0.15, 0.2) is 0 Å². The Morgan fingerprint density at radius 1 is 1.12 bits per heavy atom. The van der Waals surface area contributed by atoms with Crippen LogP contribution in [0.25, 0.3) is 0 Å². The van der Waals surface area contributed by atoms with E-state index in [4.69, 9.17) is 0 Å². The van der Waals surface area contributed by atoms with Crippen molar-refractivity contribution in [2.45, 2.75) is 12.8 Å². The molecule has 2 aromatic carbocycles. The number of hydrogen-bond donors (Lipinski definition) is 1. The molecule has 2 rings (SSSR count). The van der Waals surface area contributed by atoms with Gasteiger partial charge in [-0.15, -0.1) is 0 Å². The summed E-state index contributed by atoms with van der Waals surface area (Å²) in [5.74, 6) is -0.158. The molecular formula is C15H15FN. The van der Waals surface area contributed by atoms with E-state index >= 15 is 0 Å². The summed E-state index contributed by atoms with van der Waals surface area (Å²) in [5, 5.41) is 3.32. The van der Waals surface area contributed by atoms with Crippen molar-refractivity contribution in [3.05, 3.63) is 66.0 Å². The Bertz CT molecular complexity index is 453. The zero-order chi connectivity index (χ0) is 11.9. The van der Waals surface area contributed by atoms with Gasteiger partial charge >= 0.3 is 0 Å². The molecule has 0 unspecified atom stereocenters. The molecule has 0 aliphatic carbocycles. The SMILES string of the molecule is Fc1cccc(CCCNc2cc[c]cc2)c1. The van der Waals surface area contributed by atoms with Crippen LogP contribution < -0.4 is 5.32 Å². The molecule has 0 amide bonds. The van der Waals surface area contributed by atoms with E-state index in [0.29, 0.717) is 0 Å². The molecule has 1 radical (unpaired) electrons. The Kier molecular flexibility index (Phi) is 4.14. The van der Waals surface area contributed by atoms with Gasteiger partial charge in [-0.2, -0.15) is 0 Å². The highest BCUT2D eigenvalue weighted by Gasteiger charge is 1.95. The summed E-state index contributed by atoms with van der Waals surface area (Å²) in [6, 6.07) is 17.5. The molecular weight excluding hydrogens is 213 g/mol. The van der Waals surface area contributed by atoms with Crippen LogP contribution in [0, 0.1) is 11.9 Å². The maximum atomic E-state index is 12.9. The monoisotopic (exact) mass is 228 g/mol. The van der Waals surface area contributed by atoms with E-state index in [1.165, 1.54) is 6.07 Å². The van der Waals surface area contributed by atoms with Crippen molar-refractivity contribution in [1.82, 2.24) is 0 Å². The van der Waals surface area contributed by atoms with Crippen LogP contribution in [0.1, 0.15) is 12.0 Å². The van der Waals surface area contributed by atoms with Gasteiger partial charge in [-0.05, 0) is 48.7 Å². The molecule has 2 aromatic rings. The second kappa shape index (κ2) is 6.04. The van der Waals surface area contributed by atoms with E-state index in [0.717, 1.165) is 30.6 Å². The van der Waals surface area contributed by atoms with Crippen LogP contribution in [-0.2, 0) is 6.42 Å². The Hall–Kier alpha value is -1.83. The van der Waals surface area contributed by atoms with E-state index in [2.05, 4.69) is 11.4 Å². The van der Waals surface area contributed by atoms with Crippen LogP contribution in [0.4, 0.5) is 10.1 Å². The minimum absolute atomic E-state index is 0.158. The highest BCUT2D eigenvalue weighted by Crippen LogP contribution is 2.08. The van der Waals surface area contributed by atoms with Crippen LogP contribution in [0.2, 0.25) is 0 Å². The highest BCUT2D eigenvalue weighted by atomic mass is 19.1. The van der Waals surface area contributed by atoms with Crippen LogP contribution >= 0.6 is 0 Å². The molecule has 0 aliphatic heterocycles. The number of benzene rings is 2. The molecule has 17 heavy (non-hydrogen) atoms. The summed E-state index contributed by atoms with van der Waals surface area (Å²) in [6.45, 7) is 0.889. The largest absolute Gasteiger partial charge is 0.385 e. The normalized spacial score (nSPS) is 10.2. The van der Waals surface area contributed by atoms with E-state index in [1.807, 2.05) is 30.3 Å². The Labute approximate surface area is 101 Å². The van der Waals surface area contributed by atoms with Crippen molar-refractivity contribution in [2.75, 3.05) is 11.9 Å². The second-order valence-corrected chi connectivity index (χ2v) is 3.95. The van der Waals surface area contributed by atoms with Crippen molar-refractivity contribution in [3.8, 4) is 0 Å². The molecule has 2 heteroatoms. The van der Waals surface area contributed by atoms with Crippen molar-refractivity contribution in [3.63, 3.8) is 0 Å². The number of halogens is 1. The lowest BCUT2D eigenvalue weighted by Crippen LogP contribution is -2.02. The smallest absolute Gasteiger partial charge is 0.123 e. The van der Waals surface area contributed by atoms with Crippen molar-refractivity contribution in [1.29, 1.82) is 0 Å². The van der Waals surface area contributed by atoms with Crippen LogP contribution in [0.15, 0.2) is 48.5 Å². The number of anilines is 1. The molecule has 0 bridgehead atoms. The maximum absolute atomic E-state index is 12.9. The summed E-state index contributed by atoms with van der Waals surface area (Å²) >= 11 is 0. The van der Waals surface area contributed by atoms with E-state index in [1.54, 1.807) is 12.1 Å². The van der Waals surface area contributed by atoms with E-state index in [-0.39, 0.29) is 5.82 Å². The van der Waals surface area contributed by atoms with Gasteiger partial charge in [0.05, 0.1) is 0 Å². The number of hydrogen-bond acceptors (Lipinski definition) is 1. The van der Waals surface area contributed by atoms with Gasteiger partial charge in [0, 0.05) is 12.2 Å². The lowest BCUT2D eigenvalue weighted by Gasteiger charge is -2.06. The molecule has 0 saturated heterocycles. The first kappa shape index (κ1) is 11.6. The van der Waals surface area contributed by atoms with Crippen LogP contribution in [-0.4, -0.2) is 6.54 Å². The van der Waals surface area contributed by atoms with Gasteiger partial charge in [-0.1, -0.05) is 24.3 Å². The van der Waals surface area contributed by atoms with Gasteiger partial charge in [0.1, 0.15) is 5.82 Å². The average molecular weight is 228 g/mol. The molecule has 0 atom stereocenters. The summed E-state index contributed by atoms with van der Waals surface area (Å²) in [4.78, 5) is 0. The van der Waals surface area contributed by atoms with Gasteiger partial charge in [-0.3, -0.25) is 0 Å². The third-order valence-corrected chi connectivity index (χ3v) is 2.58. The minimum atomic E-state index is -0.158. The molecule has 0 saturated carbocycles. The molecule has 0 aliphatic rings. The van der Waals surface area contributed by atoms with E-state index in [9.17, 15) is 4.39 Å². The molecule has 1 N–H and O–H groups in total. The Balaban J connectivity index is 1.73. The number of rotatable bonds is 5. The number of aryl methyl sites for hydroxylation is 1. The van der Waals surface area contributed by atoms with Gasteiger partial charge in [0.2, 0.25) is 0 Å². The third-order valence-electron chi connectivity index (χ3n) is 2.58. The molecule has 1 nitrogen and oxygen atoms in total. The fourth-order valence-corrected chi connectivity index (χ4v) is 1.72. The van der Waals surface area contributed by atoms with Gasteiger partial charge in [0.25, 0.3) is 0 Å². The maximum Gasteiger partial charge on any atom is 0.123 e. The Morgan fingerprint density at radius 3 is 2.71 bits per heavy atom. The van der Waals surface area contributed by atoms with Crippen molar-refractivity contribution < 1.29 is 4.39 Å². The minimum Gasteiger partial charge on any atom is -0.385 e. The predicted molar refractivity (Wildman–Crippen MR) is 68.5 cm³/mol. The van der Waals surface area contributed by atoms with Crippen LogP contribution in [0.3, 0.4) is 0 Å². The molecule has 87 valence electrons. The zero-order valence-corrected chi connectivity index (χ0v) is 9.62. The number of nitrogens with one attached hydrogen (secondary N) is 1. The van der Waals surface area contributed by atoms with Crippen molar-refractivity contribution >= 4 is 5.69 Å². The first-order valence-corrected chi connectivity index (χ1v) is 5.79. The molecule has 0 spiro atoms.